The molecule has 5 nitrogen and oxygen atoms in total. The van der Waals surface area contributed by atoms with Crippen molar-refractivity contribution in [1.82, 2.24) is 10.2 Å². The molecule has 0 saturated heterocycles. The van der Waals surface area contributed by atoms with E-state index in [0.717, 1.165) is 16.8 Å². The molecule has 0 aliphatic heterocycles. The van der Waals surface area contributed by atoms with Gasteiger partial charge in [-0.2, -0.15) is 10.4 Å². The third-order valence-electron chi connectivity index (χ3n) is 2.24. The van der Waals surface area contributed by atoms with E-state index < -0.39 is 11.1 Å². The van der Waals surface area contributed by atoms with Crippen LogP contribution in [0.1, 0.15) is 11.3 Å². The number of aromatic nitrogens is 2. The molecule has 1 aromatic heterocycles. The van der Waals surface area contributed by atoms with Crippen molar-refractivity contribution < 1.29 is 8.76 Å². The normalized spacial score (nSPS) is 12.0. The summed E-state index contributed by atoms with van der Waals surface area (Å²) in [6.07, 6.45) is 0. The third kappa shape index (κ3) is 2.78. The topological polar surface area (TPSA) is 92.6 Å². The smallest absolute Gasteiger partial charge is 0.162 e. The van der Waals surface area contributed by atoms with E-state index in [1.807, 2.05) is 6.07 Å². The fraction of sp³-hybridized carbons (Fsp3) is 0.0909. The van der Waals surface area contributed by atoms with Crippen LogP contribution >= 0.6 is 0 Å². The molecule has 17 heavy (non-hydrogen) atoms. The van der Waals surface area contributed by atoms with Gasteiger partial charge in [-0.1, -0.05) is 35.3 Å². The molecule has 2 aromatic rings. The van der Waals surface area contributed by atoms with Gasteiger partial charge in [0.2, 0.25) is 0 Å². The molecule has 2 rings (SSSR count). The highest BCUT2D eigenvalue weighted by Crippen LogP contribution is 2.18. The third-order valence-corrected chi connectivity index (χ3v) is 2.81. The van der Waals surface area contributed by atoms with Crippen LogP contribution in [0.25, 0.3) is 11.3 Å². The quantitative estimate of drug-likeness (QED) is 0.827. The molecule has 0 saturated carbocycles. The van der Waals surface area contributed by atoms with Gasteiger partial charge in [-0.3, -0.25) is 9.31 Å². The van der Waals surface area contributed by atoms with Crippen molar-refractivity contribution in [1.29, 1.82) is 5.26 Å². The van der Waals surface area contributed by atoms with Gasteiger partial charge in [-0.05, 0) is 11.1 Å². The summed E-state index contributed by atoms with van der Waals surface area (Å²) in [5, 5.41) is 15.2. The minimum absolute atomic E-state index is 0.00665. The number of nitrogens with zero attached hydrogens (tertiary/aromatic N) is 2. The zero-order valence-corrected chi connectivity index (χ0v) is 9.53. The Balaban J connectivity index is 2.23. The average Bonchev–Trinajstić information content (AvgIpc) is 2.78. The summed E-state index contributed by atoms with van der Waals surface area (Å²) in [6.45, 7) is 0. The summed E-state index contributed by atoms with van der Waals surface area (Å²) in [5.41, 5.74) is 2.64. The van der Waals surface area contributed by atoms with Gasteiger partial charge in [-0.15, -0.1) is 0 Å². The van der Waals surface area contributed by atoms with Crippen LogP contribution in [0, 0.1) is 11.3 Å². The van der Waals surface area contributed by atoms with Crippen molar-refractivity contribution in [2.75, 3.05) is 0 Å². The Morgan fingerprint density at radius 1 is 1.41 bits per heavy atom. The first-order chi connectivity index (χ1) is 8.19. The Hall–Kier alpha value is -1.97. The maximum Gasteiger partial charge on any atom is 0.162 e. The highest BCUT2D eigenvalue weighted by Gasteiger charge is 2.02. The summed E-state index contributed by atoms with van der Waals surface area (Å²) >= 11 is -2.08. The number of benzene rings is 1. The number of aromatic amines is 1. The van der Waals surface area contributed by atoms with Crippen molar-refractivity contribution in [3.8, 4) is 17.3 Å². The molecule has 6 heteroatoms. The van der Waals surface area contributed by atoms with Gasteiger partial charge in [0.1, 0.15) is 6.07 Å². The first-order valence-corrected chi connectivity index (χ1v) is 6.04. The van der Waals surface area contributed by atoms with Crippen LogP contribution < -0.4 is 0 Å². The van der Waals surface area contributed by atoms with Crippen LogP contribution in [-0.2, 0) is 16.8 Å². The molecular formula is C11H8N3O2S-. The monoisotopic (exact) mass is 246 g/mol. The molecular weight excluding hydrogens is 238 g/mol. The highest BCUT2D eigenvalue weighted by atomic mass is 32.2. The Morgan fingerprint density at radius 3 is 2.65 bits per heavy atom. The van der Waals surface area contributed by atoms with E-state index in [4.69, 9.17) is 5.26 Å². The highest BCUT2D eigenvalue weighted by molar-refractivity contribution is 7.78. The lowest BCUT2D eigenvalue weighted by molar-refractivity contribution is 0.536. The van der Waals surface area contributed by atoms with Gasteiger partial charge >= 0.3 is 0 Å². The van der Waals surface area contributed by atoms with Gasteiger partial charge in [0, 0.05) is 11.8 Å². The molecule has 0 radical (unpaired) electrons. The first-order valence-electron chi connectivity index (χ1n) is 4.80. The van der Waals surface area contributed by atoms with Gasteiger partial charge < -0.3 is 4.55 Å². The van der Waals surface area contributed by atoms with Crippen LogP contribution in [0.5, 0.6) is 0 Å². The minimum atomic E-state index is -2.08. The second-order valence-corrected chi connectivity index (χ2v) is 4.32. The molecule has 86 valence electrons. The summed E-state index contributed by atoms with van der Waals surface area (Å²) in [5.74, 6) is 0.00665. The van der Waals surface area contributed by atoms with Crippen molar-refractivity contribution in [3.63, 3.8) is 0 Å². The number of rotatable bonds is 3. The minimum Gasteiger partial charge on any atom is -0.772 e. The zero-order valence-electron chi connectivity index (χ0n) is 8.71. The molecule has 0 bridgehead atoms. The first kappa shape index (κ1) is 11.5. The summed E-state index contributed by atoms with van der Waals surface area (Å²) in [6, 6.07) is 10.6. The van der Waals surface area contributed by atoms with E-state index in [9.17, 15) is 8.76 Å². The number of hydrogen-bond donors (Lipinski definition) is 1. The van der Waals surface area contributed by atoms with Crippen LogP contribution in [-0.4, -0.2) is 19.0 Å². The Kier molecular flexibility index (Phi) is 3.32. The Labute approximate surface area is 100 Å². The predicted octanol–water partition coefficient (Wildman–Crippen LogP) is 1.33. The largest absolute Gasteiger partial charge is 0.772 e. The van der Waals surface area contributed by atoms with Gasteiger partial charge in [0.25, 0.3) is 0 Å². The maximum atomic E-state index is 10.5. The van der Waals surface area contributed by atoms with Crippen molar-refractivity contribution >= 4 is 11.1 Å². The van der Waals surface area contributed by atoms with E-state index in [1.165, 1.54) is 0 Å². The molecule has 0 fully saturated rings. The lowest BCUT2D eigenvalue weighted by Crippen LogP contribution is -1.92. The van der Waals surface area contributed by atoms with Crippen LogP contribution in [0.15, 0.2) is 30.3 Å². The molecule has 1 unspecified atom stereocenters. The second kappa shape index (κ2) is 4.91. The van der Waals surface area contributed by atoms with E-state index in [0.29, 0.717) is 5.69 Å². The summed E-state index contributed by atoms with van der Waals surface area (Å²) < 4.78 is 21.0. The molecule has 1 N–H and O–H groups in total. The standard InChI is InChI=1S/C11H9N3O2S/c12-6-10-5-11(14-13-10)9-3-1-8(2-4-9)7-17(15)16/h1-5H,7H2,(H,13,14)(H,15,16)/p-1. The summed E-state index contributed by atoms with van der Waals surface area (Å²) in [7, 11) is 0. The van der Waals surface area contributed by atoms with Crippen molar-refractivity contribution in [3.05, 3.63) is 41.6 Å². The van der Waals surface area contributed by atoms with E-state index in [2.05, 4.69) is 10.2 Å². The molecule has 1 aromatic carbocycles. The average molecular weight is 246 g/mol. The molecule has 0 aliphatic carbocycles. The lowest BCUT2D eigenvalue weighted by Gasteiger charge is -2.05. The van der Waals surface area contributed by atoms with E-state index in [1.54, 1.807) is 30.3 Å². The van der Waals surface area contributed by atoms with E-state index in [-0.39, 0.29) is 5.75 Å². The Bertz CT molecular complexity index is 584. The fourth-order valence-electron chi connectivity index (χ4n) is 1.44. The SMILES string of the molecule is N#Cc1cc(-c2ccc(CS(=O)[O-])cc2)[nH]n1. The fourth-order valence-corrected chi connectivity index (χ4v) is 1.91. The van der Waals surface area contributed by atoms with Crippen LogP contribution in [0.3, 0.4) is 0 Å². The van der Waals surface area contributed by atoms with Crippen molar-refractivity contribution in [2.24, 2.45) is 0 Å². The molecule has 1 heterocycles. The number of nitrogens with one attached hydrogen (secondary N) is 1. The maximum absolute atomic E-state index is 10.5. The van der Waals surface area contributed by atoms with Gasteiger partial charge in [0.05, 0.1) is 5.69 Å². The Morgan fingerprint density at radius 2 is 2.12 bits per heavy atom. The lowest BCUT2D eigenvalue weighted by atomic mass is 10.1. The van der Waals surface area contributed by atoms with Crippen LogP contribution in [0.4, 0.5) is 0 Å². The second-order valence-electron chi connectivity index (χ2n) is 3.42. The number of nitriles is 1. The van der Waals surface area contributed by atoms with E-state index >= 15 is 0 Å². The van der Waals surface area contributed by atoms with Crippen LogP contribution in [0.2, 0.25) is 0 Å². The zero-order chi connectivity index (χ0) is 12.3. The number of H-pyrrole nitrogens is 1. The molecule has 0 amide bonds. The molecule has 0 spiro atoms. The molecule has 1 atom stereocenters. The predicted molar refractivity (Wildman–Crippen MR) is 61.4 cm³/mol. The number of hydrogen-bond acceptors (Lipinski definition) is 4. The van der Waals surface area contributed by atoms with Gasteiger partial charge in [0.15, 0.2) is 5.69 Å². The van der Waals surface area contributed by atoms with Crippen molar-refractivity contribution in [2.45, 2.75) is 5.75 Å². The molecule has 0 aliphatic rings. The van der Waals surface area contributed by atoms with Gasteiger partial charge in [-0.25, -0.2) is 0 Å². The summed E-state index contributed by atoms with van der Waals surface area (Å²) in [4.78, 5) is 0.